The number of benzene rings is 1. The van der Waals surface area contributed by atoms with Crippen LogP contribution < -0.4 is 5.32 Å². The van der Waals surface area contributed by atoms with Crippen LogP contribution in [0.2, 0.25) is 0 Å². The van der Waals surface area contributed by atoms with Gasteiger partial charge in [-0.2, -0.15) is 0 Å². The van der Waals surface area contributed by atoms with Crippen molar-refractivity contribution in [3.8, 4) is 0 Å². The van der Waals surface area contributed by atoms with E-state index < -0.39 is 10.8 Å². The lowest BCUT2D eigenvalue weighted by Gasteiger charge is -2.05. The van der Waals surface area contributed by atoms with Crippen molar-refractivity contribution < 1.29 is 13.4 Å². The van der Waals surface area contributed by atoms with Crippen molar-refractivity contribution in [2.24, 2.45) is 0 Å². The smallest absolute Gasteiger partial charge is 0.251 e. The van der Waals surface area contributed by atoms with Crippen LogP contribution in [0.25, 0.3) is 0 Å². The first kappa shape index (κ1) is 13.8. The topological polar surface area (TPSA) is 46.2 Å². The average molecular weight is 257 g/mol. The number of hydrogen-bond acceptors (Lipinski definition) is 2. The van der Waals surface area contributed by atoms with Crippen molar-refractivity contribution >= 4 is 16.7 Å². The largest absolute Gasteiger partial charge is 0.351 e. The van der Waals surface area contributed by atoms with Gasteiger partial charge in [0.05, 0.1) is 0 Å². The number of hydrogen-bond donors (Lipinski definition) is 1. The van der Waals surface area contributed by atoms with Crippen LogP contribution in [-0.2, 0) is 10.8 Å². The third-order valence-electron chi connectivity index (χ3n) is 2.36. The maximum atomic E-state index is 13.0. The van der Waals surface area contributed by atoms with Crippen LogP contribution in [0.5, 0.6) is 0 Å². The fourth-order valence-electron chi connectivity index (χ4n) is 1.31. The lowest BCUT2D eigenvalue weighted by molar-refractivity contribution is 0.0956. The van der Waals surface area contributed by atoms with Crippen LogP contribution in [-0.4, -0.2) is 28.2 Å². The first-order valence-electron chi connectivity index (χ1n) is 5.44. The summed E-state index contributed by atoms with van der Waals surface area (Å²) in [7, 11) is -0.883. The second kappa shape index (κ2) is 6.49. The zero-order chi connectivity index (χ0) is 12.8. The summed E-state index contributed by atoms with van der Waals surface area (Å²) in [6.45, 7) is 3.81. The number of carbonyl (C=O) groups is 1. The second-order valence-corrected chi connectivity index (χ2v) is 5.52. The average Bonchev–Trinajstić information content (AvgIpc) is 2.32. The van der Waals surface area contributed by atoms with Crippen molar-refractivity contribution in [3.63, 3.8) is 0 Å². The van der Waals surface area contributed by atoms with E-state index in [4.69, 9.17) is 0 Å². The monoisotopic (exact) mass is 257 g/mol. The Bertz CT molecular complexity index is 435. The van der Waals surface area contributed by atoms with E-state index >= 15 is 0 Å². The highest BCUT2D eigenvalue weighted by Gasteiger charge is 2.07. The molecule has 17 heavy (non-hydrogen) atoms. The van der Waals surface area contributed by atoms with Crippen LogP contribution in [0.3, 0.4) is 0 Å². The highest BCUT2D eigenvalue weighted by molar-refractivity contribution is 7.84. The van der Waals surface area contributed by atoms with Crippen molar-refractivity contribution in [3.05, 3.63) is 35.1 Å². The Morgan fingerprint density at radius 1 is 1.47 bits per heavy atom. The quantitative estimate of drug-likeness (QED) is 0.871. The molecule has 1 unspecified atom stereocenters. The van der Waals surface area contributed by atoms with Gasteiger partial charge in [-0.15, -0.1) is 0 Å². The van der Waals surface area contributed by atoms with E-state index in [1.54, 1.807) is 6.92 Å². The summed E-state index contributed by atoms with van der Waals surface area (Å²) in [5.74, 6) is 0.448. The Labute approximate surface area is 103 Å². The Hall–Kier alpha value is -1.23. The maximum Gasteiger partial charge on any atom is 0.251 e. The fraction of sp³-hybridized carbons (Fsp3) is 0.417. The molecule has 0 aliphatic heterocycles. The minimum absolute atomic E-state index is 0.263. The normalized spacial score (nSPS) is 12.2. The van der Waals surface area contributed by atoms with Gasteiger partial charge in [-0.3, -0.25) is 9.00 Å². The highest BCUT2D eigenvalue weighted by Crippen LogP contribution is 2.08. The van der Waals surface area contributed by atoms with Gasteiger partial charge in [0.1, 0.15) is 5.82 Å². The summed E-state index contributed by atoms with van der Waals surface area (Å²) in [5.41, 5.74) is 0.862. The lowest BCUT2D eigenvalue weighted by Crippen LogP contribution is -2.28. The Kier molecular flexibility index (Phi) is 5.28. The molecule has 1 N–H and O–H groups in total. The third kappa shape index (κ3) is 4.26. The zero-order valence-electron chi connectivity index (χ0n) is 9.96. The number of amides is 1. The molecule has 0 bridgehead atoms. The predicted molar refractivity (Wildman–Crippen MR) is 67.0 cm³/mol. The molecular weight excluding hydrogens is 241 g/mol. The van der Waals surface area contributed by atoms with Gasteiger partial charge in [-0.1, -0.05) is 6.92 Å². The van der Waals surface area contributed by atoms with Gasteiger partial charge in [0.15, 0.2) is 0 Å². The maximum absolute atomic E-state index is 13.0. The van der Waals surface area contributed by atoms with Crippen LogP contribution in [0.15, 0.2) is 18.2 Å². The van der Waals surface area contributed by atoms with Crippen LogP contribution in [0.1, 0.15) is 22.8 Å². The van der Waals surface area contributed by atoms with E-state index in [-0.39, 0.29) is 11.7 Å². The van der Waals surface area contributed by atoms with Gasteiger partial charge >= 0.3 is 0 Å². The van der Waals surface area contributed by atoms with Gasteiger partial charge in [0, 0.05) is 34.4 Å². The molecule has 1 aromatic carbocycles. The molecule has 0 aliphatic rings. The number of rotatable bonds is 5. The summed E-state index contributed by atoms with van der Waals surface area (Å²) >= 11 is 0. The van der Waals surface area contributed by atoms with E-state index in [9.17, 15) is 13.4 Å². The fourth-order valence-corrected chi connectivity index (χ4v) is 1.93. The molecule has 0 aliphatic carbocycles. The Balaban J connectivity index is 2.52. The molecule has 5 heteroatoms. The first-order valence-corrected chi connectivity index (χ1v) is 6.92. The molecule has 1 amide bonds. The van der Waals surface area contributed by atoms with Gasteiger partial charge in [-0.05, 0) is 30.7 Å². The van der Waals surface area contributed by atoms with Gasteiger partial charge in [-0.25, -0.2) is 4.39 Å². The first-order chi connectivity index (χ1) is 8.04. The molecule has 94 valence electrons. The second-order valence-electron chi connectivity index (χ2n) is 3.65. The highest BCUT2D eigenvalue weighted by atomic mass is 32.2. The summed E-state index contributed by atoms with van der Waals surface area (Å²) in [4.78, 5) is 11.6. The third-order valence-corrected chi connectivity index (χ3v) is 3.66. The molecule has 0 spiro atoms. The van der Waals surface area contributed by atoms with Crippen molar-refractivity contribution in [1.82, 2.24) is 5.32 Å². The van der Waals surface area contributed by atoms with Gasteiger partial charge < -0.3 is 5.32 Å². The minimum Gasteiger partial charge on any atom is -0.351 e. The van der Waals surface area contributed by atoms with E-state index in [0.29, 0.717) is 29.2 Å². The molecule has 1 aromatic rings. The van der Waals surface area contributed by atoms with Gasteiger partial charge in [0.2, 0.25) is 0 Å². The van der Waals surface area contributed by atoms with Crippen molar-refractivity contribution in [2.45, 2.75) is 13.8 Å². The zero-order valence-corrected chi connectivity index (χ0v) is 10.8. The number of halogens is 1. The van der Waals surface area contributed by atoms with E-state index in [0.717, 1.165) is 0 Å². The molecule has 1 atom stereocenters. The number of carbonyl (C=O) groups excluding carboxylic acids is 1. The molecule has 0 saturated carbocycles. The summed E-state index contributed by atoms with van der Waals surface area (Å²) in [6.07, 6.45) is 0. The minimum atomic E-state index is -0.883. The van der Waals surface area contributed by atoms with E-state index in [1.165, 1.54) is 18.2 Å². The van der Waals surface area contributed by atoms with Crippen LogP contribution in [0, 0.1) is 12.7 Å². The SMILES string of the molecule is CCS(=O)CCNC(=O)c1ccc(F)c(C)c1. The van der Waals surface area contributed by atoms with Crippen LogP contribution in [0.4, 0.5) is 4.39 Å². The van der Waals surface area contributed by atoms with Crippen LogP contribution >= 0.6 is 0 Å². The number of aryl methyl sites for hydroxylation is 1. The molecule has 0 radical (unpaired) electrons. The molecule has 0 fully saturated rings. The Morgan fingerprint density at radius 2 is 2.18 bits per heavy atom. The standard InChI is InChI=1S/C12H16FNO2S/c1-3-17(16)7-6-14-12(15)10-4-5-11(13)9(2)8-10/h4-5,8H,3,6-7H2,1-2H3,(H,14,15). The van der Waals surface area contributed by atoms with E-state index in [2.05, 4.69) is 5.32 Å². The number of nitrogens with one attached hydrogen (secondary N) is 1. The molecule has 3 nitrogen and oxygen atoms in total. The molecular formula is C12H16FNO2S. The Morgan fingerprint density at radius 3 is 2.76 bits per heavy atom. The summed E-state index contributed by atoms with van der Waals surface area (Å²) in [5, 5.41) is 2.66. The molecule has 0 heterocycles. The predicted octanol–water partition coefficient (Wildman–Crippen LogP) is 1.63. The van der Waals surface area contributed by atoms with E-state index in [1.807, 2.05) is 6.92 Å². The summed E-state index contributed by atoms with van der Waals surface area (Å²) in [6, 6.07) is 4.21. The van der Waals surface area contributed by atoms with Crippen molar-refractivity contribution in [1.29, 1.82) is 0 Å². The molecule has 1 rings (SSSR count). The molecule has 0 aromatic heterocycles. The molecule has 0 saturated heterocycles. The summed E-state index contributed by atoms with van der Waals surface area (Å²) < 4.78 is 24.1. The van der Waals surface area contributed by atoms with Crippen molar-refractivity contribution in [2.75, 3.05) is 18.1 Å². The van der Waals surface area contributed by atoms with Gasteiger partial charge in [0.25, 0.3) is 5.91 Å². The lowest BCUT2D eigenvalue weighted by atomic mass is 10.1.